The summed E-state index contributed by atoms with van der Waals surface area (Å²) in [6.07, 6.45) is 48.1. The van der Waals surface area contributed by atoms with Crippen LogP contribution in [0, 0.1) is 150 Å². The normalized spacial score (nSPS) is 37.1. The summed E-state index contributed by atoms with van der Waals surface area (Å²) in [4.78, 5) is 2.81. The van der Waals surface area contributed by atoms with Crippen LogP contribution in [0.25, 0.3) is 0 Å². The van der Waals surface area contributed by atoms with Crippen LogP contribution in [0.2, 0.25) is 0 Å². The van der Waals surface area contributed by atoms with E-state index in [2.05, 4.69) is 250 Å². The molecule has 7 unspecified atom stereocenters. The van der Waals surface area contributed by atoms with E-state index in [4.69, 9.17) is 0 Å². The smallest absolute Gasteiger partial charge is 0.0214 e. The number of nitrogens with one attached hydrogen (secondary N) is 9. The zero-order valence-corrected chi connectivity index (χ0v) is 86.8. The third kappa shape index (κ3) is 25.8. The van der Waals surface area contributed by atoms with Gasteiger partial charge in [-0.3, -0.25) is 4.90 Å². The summed E-state index contributed by atoms with van der Waals surface area (Å²) in [7, 11) is 0. The number of allylic oxidation sites excluding steroid dienone is 3. The number of nitrogens with zero attached hydrogens (tertiary/aromatic N) is 1. The number of fused-ring (bicyclic) bond motifs is 12. The molecule has 16 bridgehead atoms. The molecule has 0 radical (unpaired) electrons. The van der Waals surface area contributed by atoms with Gasteiger partial charge < -0.3 is 47.9 Å². The number of benzene rings is 2. The molecule has 0 aromatic heterocycles. The van der Waals surface area contributed by atoms with Crippen molar-refractivity contribution in [3.8, 4) is 0 Å². The van der Waals surface area contributed by atoms with Crippen molar-refractivity contribution in [3.05, 3.63) is 95.1 Å². The molecule has 10 nitrogen and oxygen atoms in total. The van der Waals surface area contributed by atoms with Crippen LogP contribution in [0.1, 0.15) is 334 Å². The molecule has 21 saturated carbocycles. The van der Waals surface area contributed by atoms with Gasteiger partial charge in [0.05, 0.1) is 0 Å². The van der Waals surface area contributed by atoms with Gasteiger partial charge in [-0.25, -0.2) is 0 Å². The summed E-state index contributed by atoms with van der Waals surface area (Å²) in [5.41, 5.74) is 9.95. The molecule has 22 aliphatic rings. The van der Waals surface area contributed by atoms with Gasteiger partial charge in [0.2, 0.25) is 0 Å². The first-order valence-corrected chi connectivity index (χ1v) is 53.0. The second-order valence-corrected chi connectivity index (χ2v) is 50.0. The van der Waals surface area contributed by atoms with Crippen LogP contribution in [-0.4, -0.2) is 140 Å². The van der Waals surface area contributed by atoms with Crippen molar-refractivity contribution < 1.29 is 0 Å². The van der Waals surface area contributed by atoms with Crippen LogP contribution < -0.4 is 47.9 Å². The molecule has 24 rings (SSSR count). The SMILES string of the molecule is CC(C)=CCC/C(C)=C/CNCCNC1C2CC3CC(C2)CC1C3.CC1(C)C2C[C@@H]1CC[C@H]2CNCCNCC(c1ccccc1)c1ccccc1.CC1(C)CC2CC(C)(CN2CCNC[C@@H]2CCC3C[C@@H]2C3(C)C)C1.C[C@@H]1C2C[C@@H](C[C@H]1NCCNC1CCCCCCC1)C2(C)C.C[C@@H]1C2C[C@@H](C[C@H]1NCCNC[C@@H]1CCC3C[C@@H]1C3(C)C)C2(C)C.S.S.S. The van der Waals surface area contributed by atoms with Crippen molar-refractivity contribution in [1.29, 1.82) is 0 Å². The van der Waals surface area contributed by atoms with Crippen LogP contribution in [0.4, 0.5) is 0 Å². The minimum atomic E-state index is 0. The molecular formula is C112H198N10S3. The Bertz CT molecular complexity index is 3470. The van der Waals surface area contributed by atoms with Gasteiger partial charge in [-0.1, -0.05) is 220 Å². The number of hydrogen-bond acceptors (Lipinski definition) is 10. The van der Waals surface area contributed by atoms with E-state index in [0.29, 0.717) is 43.8 Å². The van der Waals surface area contributed by atoms with E-state index in [0.717, 1.165) is 208 Å². The molecule has 19 atom stereocenters. The fraction of sp³-hybridized carbons (Fsp3) is 0.857. The summed E-state index contributed by atoms with van der Waals surface area (Å²) in [5, 5.41) is 34.1. The van der Waals surface area contributed by atoms with E-state index in [9.17, 15) is 0 Å². The Morgan fingerprint density at radius 1 is 0.416 bits per heavy atom. The predicted octanol–water partition coefficient (Wildman–Crippen LogP) is 23.3. The molecule has 1 heterocycles. The molecule has 22 fully saturated rings. The Labute approximate surface area is 791 Å². The highest BCUT2D eigenvalue weighted by atomic mass is 32.1. The minimum absolute atomic E-state index is 0. The van der Waals surface area contributed by atoms with Crippen molar-refractivity contribution >= 4 is 40.5 Å². The van der Waals surface area contributed by atoms with Gasteiger partial charge in [0, 0.05) is 121 Å². The second kappa shape index (κ2) is 46.4. The fourth-order valence-electron chi connectivity index (χ4n) is 31.8. The van der Waals surface area contributed by atoms with E-state index in [1.807, 2.05) is 0 Å². The predicted molar refractivity (Wildman–Crippen MR) is 553 cm³/mol. The van der Waals surface area contributed by atoms with Crippen molar-refractivity contribution in [2.45, 2.75) is 353 Å². The Hall–Kier alpha value is -1.43. The molecular weight excluding hydrogens is 1580 g/mol. The van der Waals surface area contributed by atoms with Gasteiger partial charge in [-0.15, -0.1) is 0 Å². The molecule has 21 aliphatic carbocycles. The summed E-state index contributed by atoms with van der Waals surface area (Å²) in [5.74, 6) is 18.9. The maximum absolute atomic E-state index is 3.91. The molecule has 714 valence electrons. The molecule has 9 N–H and O–H groups in total. The highest BCUT2D eigenvalue weighted by Crippen LogP contribution is 2.66. The standard InChI is InChI=1S/C26H36N2.2C22H40N2.C22H38N2.C20H38N2.3H2S/c1-26(2)23-14-13-22(25(26)17-23)18-27-15-16-28-19-24(20-9-5-3-6-10-20)21-11-7-4-8-12-21;1-20(2)11-18-12-22(5,14-20)15-24(18)9-8-23-13-16-6-7-17-10-19(16)21(17,3)4;1-14-18-11-17(22(18,4)5)12-20(14)24-9-8-23-13-15-6-7-16-10-19(15)21(16,2)3;1-16(2)5-4-6-17(3)7-8-23-9-10-24-22-20-12-18-11-19(14-20)15-21(22)13-18;1-15-18-13-16(20(18,2)3)14-19(15)22-12-11-21-17-9-7-5-4-6-8-10-17;;;/h3-12,22-25,27-28H,13-19H2,1-2H3;16-19,23H,6-15H2,1-5H3;14-20,23-24H,6-13H2,1-5H3;5,7,18-24H,4,6,8-15H2,1-3H3;15-19,21-22H,4-14H2,1-3H3;3*1H2/b;;;17-7+;;;;/t22-,23-,25?;16-,17?,18?,19-,22?;14-,15+,16?,17+,18?,19+,20-;;15-,16+,18?,19-;;;/m001.1.../s1. The Balaban J connectivity index is 0.000000151. The monoisotopic (exact) mass is 1780 g/mol. The van der Waals surface area contributed by atoms with E-state index >= 15 is 0 Å². The number of rotatable bonds is 34. The summed E-state index contributed by atoms with van der Waals surface area (Å²) >= 11 is 0. The summed E-state index contributed by atoms with van der Waals surface area (Å²) in [6, 6.07) is 25.8. The average molecular weight is 1780 g/mol. The Kier molecular flexibility index (Phi) is 38.6. The quantitative estimate of drug-likeness (QED) is 0.0248. The lowest BCUT2D eigenvalue weighted by Gasteiger charge is -2.62. The largest absolute Gasteiger partial charge is 0.315 e. The van der Waals surface area contributed by atoms with E-state index < -0.39 is 0 Å². The fourth-order valence-corrected chi connectivity index (χ4v) is 31.8. The molecule has 1 saturated heterocycles. The second-order valence-electron chi connectivity index (χ2n) is 50.0. The molecule has 0 spiro atoms. The Morgan fingerprint density at radius 3 is 1.30 bits per heavy atom. The molecule has 125 heavy (non-hydrogen) atoms. The van der Waals surface area contributed by atoms with Crippen LogP contribution in [0.5, 0.6) is 0 Å². The van der Waals surface area contributed by atoms with Crippen LogP contribution in [0.3, 0.4) is 0 Å². The van der Waals surface area contributed by atoms with Gasteiger partial charge in [0.15, 0.2) is 0 Å². The van der Waals surface area contributed by atoms with Gasteiger partial charge in [-0.2, -0.15) is 40.5 Å². The lowest BCUT2D eigenvalue weighted by atomic mass is 9.45. The summed E-state index contributed by atoms with van der Waals surface area (Å²) in [6.45, 7) is 62.6. The third-order valence-corrected chi connectivity index (χ3v) is 39.6. The summed E-state index contributed by atoms with van der Waals surface area (Å²) < 4.78 is 0. The molecule has 1 aliphatic heterocycles. The average Bonchev–Trinajstić information content (AvgIpc) is 0.994. The third-order valence-electron chi connectivity index (χ3n) is 39.6. The van der Waals surface area contributed by atoms with Gasteiger partial charge in [0.1, 0.15) is 0 Å². The van der Waals surface area contributed by atoms with Crippen molar-refractivity contribution in [1.82, 2.24) is 52.8 Å². The molecule has 2 aromatic rings. The lowest BCUT2D eigenvalue weighted by Crippen LogP contribution is -2.60. The van der Waals surface area contributed by atoms with E-state index in [1.54, 1.807) is 6.42 Å². The van der Waals surface area contributed by atoms with Crippen molar-refractivity contribution in [3.63, 3.8) is 0 Å². The highest BCUT2D eigenvalue weighted by molar-refractivity contribution is 7.59. The molecule has 13 heteroatoms. The first kappa shape index (κ1) is 104. The zero-order valence-electron chi connectivity index (χ0n) is 83.8. The maximum atomic E-state index is 3.91. The zero-order chi connectivity index (χ0) is 86.2. The maximum Gasteiger partial charge on any atom is 0.0214 e. The van der Waals surface area contributed by atoms with Crippen LogP contribution >= 0.6 is 40.5 Å². The molecule has 2 aromatic carbocycles. The van der Waals surface area contributed by atoms with Gasteiger partial charge in [-0.05, 0) is 362 Å². The lowest BCUT2D eigenvalue weighted by molar-refractivity contribution is -0.115. The Morgan fingerprint density at radius 2 is 0.840 bits per heavy atom. The first-order chi connectivity index (χ1) is 58.4. The number of hydrogen-bond donors (Lipinski definition) is 9. The van der Waals surface area contributed by atoms with Crippen LogP contribution in [-0.2, 0) is 0 Å². The highest BCUT2D eigenvalue weighted by Gasteiger charge is 2.60. The number of likely N-dealkylation sites (tertiary alicyclic amines) is 1. The molecule has 0 amide bonds. The van der Waals surface area contributed by atoms with Gasteiger partial charge in [0.25, 0.3) is 0 Å². The topological polar surface area (TPSA) is 112 Å². The minimum Gasteiger partial charge on any atom is -0.315 e. The first-order valence-electron chi connectivity index (χ1n) is 53.0. The van der Waals surface area contributed by atoms with Crippen molar-refractivity contribution in [2.24, 2.45) is 150 Å². The van der Waals surface area contributed by atoms with E-state index in [-0.39, 0.29) is 40.5 Å². The van der Waals surface area contributed by atoms with Crippen molar-refractivity contribution in [2.75, 3.05) is 105 Å². The van der Waals surface area contributed by atoms with E-state index in [1.165, 1.54) is 248 Å². The van der Waals surface area contributed by atoms with Crippen LogP contribution in [0.15, 0.2) is 84.0 Å². The van der Waals surface area contributed by atoms with Gasteiger partial charge >= 0.3 is 0 Å².